The second-order valence-corrected chi connectivity index (χ2v) is 4.22. The molecular formula is C12H11IO3. The van der Waals surface area contributed by atoms with Gasteiger partial charge in [-0.25, -0.2) is 4.79 Å². The van der Waals surface area contributed by atoms with Gasteiger partial charge in [0.05, 0.1) is 6.61 Å². The summed E-state index contributed by atoms with van der Waals surface area (Å²) in [7, 11) is 0. The zero-order valence-corrected chi connectivity index (χ0v) is 10.9. The van der Waals surface area contributed by atoms with Crippen molar-refractivity contribution in [3.63, 3.8) is 0 Å². The molecule has 0 spiro atoms. The van der Waals surface area contributed by atoms with E-state index in [2.05, 4.69) is 34.4 Å². The van der Waals surface area contributed by atoms with E-state index in [9.17, 15) is 4.79 Å². The Hall–Kier alpha value is -1.22. The first-order chi connectivity index (χ1) is 7.65. The second kappa shape index (κ2) is 6.38. The average molecular weight is 330 g/mol. The van der Waals surface area contributed by atoms with Crippen LogP contribution in [0.2, 0.25) is 0 Å². The first-order valence-electron chi connectivity index (χ1n) is 4.70. The molecule has 3 nitrogen and oxygen atoms in total. The number of carbonyl (C=O) groups is 1. The molecule has 1 rings (SSSR count). The molecule has 0 saturated heterocycles. The van der Waals surface area contributed by atoms with Crippen LogP contribution in [0.1, 0.15) is 23.7 Å². The summed E-state index contributed by atoms with van der Waals surface area (Å²) < 4.78 is 6.24. The Balaban J connectivity index is 2.77. The van der Waals surface area contributed by atoms with Crippen LogP contribution in [0.15, 0.2) is 18.2 Å². The number of benzene rings is 1. The first-order valence-corrected chi connectivity index (χ1v) is 5.78. The zero-order chi connectivity index (χ0) is 12.0. The van der Waals surface area contributed by atoms with Crippen molar-refractivity contribution >= 4 is 28.6 Å². The van der Waals surface area contributed by atoms with Gasteiger partial charge in [-0.1, -0.05) is 0 Å². The molecule has 0 aliphatic carbocycles. The largest absolute Gasteiger partial charge is 0.492 e. The van der Waals surface area contributed by atoms with Gasteiger partial charge in [0.2, 0.25) is 0 Å². The lowest BCUT2D eigenvalue weighted by Crippen LogP contribution is -2.04. The number of rotatable bonds is 4. The van der Waals surface area contributed by atoms with Crippen LogP contribution in [-0.2, 0) is 0 Å². The molecule has 0 amide bonds. The summed E-state index contributed by atoms with van der Waals surface area (Å²) in [5.74, 6) is 5.03. The van der Waals surface area contributed by atoms with Gasteiger partial charge in [-0.15, -0.1) is 11.8 Å². The Labute approximate surface area is 108 Å². The highest BCUT2D eigenvalue weighted by Gasteiger charge is 2.11. The molecule has 0 atom stereocenters. The van der Waals surface area contributed by atoms with E-state index >= 15 is 0 Å². The molecule has 0 bridgehead atoms. The molecule has 1 aromatic carbocycles. The highest BCUT2D eigenvalue weighted by Crippen LogP contribution is 2.21. The molecule has 0 radical (unpaired) electrons. The lowest BCUT2D eigenvalue weighted by molar-refractivity contribution is 0.0692. The highest BCUT2D eigenvalue weighted by molar-refractivity contribution is 14.1. The summed E-state index contributed by atoms with van der Waals surface area (Å²) in [4.78, 5) is 11.0. The predicted molar refractivity (Wildman–Crippen MR) is 69.7 cm³/mol. The summed E-state index contributed by atoms with van der Waals surface area (Å²) in [5.41, 5.74) is 0.191. The van der Waals surface area contributed by atoms with Crippen LogP contribution in [0.4, 0.5) is 0 Å². The predicted octanol–water partition coefficient (Wildman–Crippen LogP) is 2.78. The first kappa shape index (κ1) is 12.8. The molecule has 1 N–H and O–H groups in total. The molecule has 84 valence electrons. The lowest BCUT2D eigenvalue weighted by atomic mass is 10.2. The number of hydrogen-bond acceptors (Lipinski definition) is 2. The topological polar surface area (TPSA) is 46.5 Å². The Morgan fingerprint density at radius 3 is 2.94 bits per heavy atom. The van der Waals surface area contributed by atoms with Crippen molar-refractivity contribution in [1.82, 2.24) is 0 Å². The van der Waals surface area contributed by atoms with Gasteiger partial charge in [0.15, 0.2) is 0 Å². The maximum Gasteiger partial charge on any atom is 0.339 e. The minimum absolute atomic E-state index is 0.191. The fraction of sp³-hybridized carbons (Fsp3) is 0.250. The van der Waals surface area contributed by atoms with Crippen molar-refractivity contribution in [3.8, 4) is 17.6 Å². The minimum atomic E-state index is -0.977. The third-order valence-electron chi connectivity index (χ3n) is 1.83. The summed E-state index contributed by atoms with van der Waals surface area (Å²) >= 11 is 2.07. The van der Waals surface area contributed by atoms with E-state index in [1.54, 1.807) is 19.1 Å². The van der Waals surface area contributed by atoms with Gasteiger partial charge >= 0.3 is 5.97 Å². The molecule has 0 fully saturated rings. The number of carboxylic acid groups (broad SMARTS) is 1. The maximum atomic E-state index is 11.0. The van der Waals surface area contributed by atoms with Crippen molar-refractivity contribution < 1.29 is 14.6 Å². The number of ether oxygens (including phenoxy) is 1. The SMILES string of the molecule is CC#CCCOc1ccc(I)cc1C(=O)O. The number of carboxylic acids is 1. The molecular weight excluding hydrogens is 319 g/mol. The number of hydrogen-bond donors (Lipinski definition) is 1. The normalized spacial score (nSPS) is 9.12. The van der Waals surface area contributed by atoms with Crippen molar-refractivity contribution in [2.24, 2.45) is 0 Å². The van der Waals surface area contributed by atoms with Crippen molar-refractivity contribution in [1.29, 1.82) is 0 Å². The van der Waals surface area contributed by atoms with Gasteiger partial charge in [-0.2, -0.15) is 0 Å². The number of aromatic carboxylic acids is 1. The molecule has 1 aromatic rings. The summed E-state index contributed by atoms with van der Waals surface area (Å²) in [6.45, 7) is 2.16. The van der Waals surface area contributed by atoms with E-state index in [-0.39, 0.29) is 5.56 Å². The Kier molecular flexibility index (Phi) is 5.12. The van der Waals surface area contributed by atoms with Crippen LogP contribution in [0, 0.1) is 15.4 Å². The van der Waals surface area contributed by atoms with E-state index in [1.165, 1.54) is 0 Å². The summed E-state index contributed by atoms with van der Waals surface area (Å²) in [6, 6.07) is 5.07. The van der Waals surface area contributed by atoms with Gasteiger partial charge < -0.3 is 9.84 Å². The Bertz CT molecular complexity index is 443. The standard InChI is InChI=1S/C12H11IO3/c1-2-3-4-7-16-11-6-5-9(13)8-10(11)12(14)15/h5-6,8H,4,7H2,1H3,(H,14,15). The molecule has 0 aliphatic heterocycles. The van der Waals surface area contributed by atoms with Crippen LogP contribution in [0.25, 0.3) is 0 Å². The van der Waals surface area contributed by atoms with Crippen LogP contribution in [0.5, 0.6) is 5.75 Å². The quantitative estimate of drug-likeness (QED) is 0.525. The number of halogens is 1. The molecule has 4 heteroatoms. The van der Waals surface area contributed by atoms with Crippen molar-refractivity contribution in [2.45, 2.75) is 13.3 Å². The van der Waals surface area contributed by atoms with Gasteiger partial charge in [0, 0.05) is 9.99 Å². The molecule has 0 aromatic heterocycles. The maximum absolute atomic E-state index is 11.0. The van der Waals surface area contributed by atoms with Gasteiger partial charge in [0.1, 0.15) is 11.3 Å². The summed E-state index contributed by atoms with van der Waals surface area (Å²) in [5, 5.41) is 8.98. The Morgan fingerprint density at radius 2 is 2.31 bits per heavy atom. The van der Waals surface area contributed by atoms with Crippen molar-refractivity contribution in [2.75, 3.05) is 6.61 Å². The third kappa shape index (κ3) is 3.74. The molecule has 0 saturated carbocycles. The fourth-order valence-electron chi connectivity index (χ4n) is 1.13. The van der Waals surface area contributed by atoms with Gasteiger partial charge in [-0.3, -0.25) is 0 Å². The Morgan fingerprint density at radius 1 is 1.56 bits per heavy atom. The van der Waals surface area contributed by atoms with Crippen molar-refractivity contribution in [3.05, 3.63) is 27.3 Å². The van der Waals surface area contributed by atoms with E-state index in [1.807, 2.05) is 6.07 Å². The van der Waals surface area contributed by atoms with E-state index in [0.717, 1.165) is 3.57 Å². The molecule has 0 unspecified atom stereocenters. The van der Waals surface area contributed by atoms with E-state index < -0.39 is 5.97 Å². The van der Waals surface area contributed by atoms with Gasteiger partial charge in [-0.05, 0) is 47.7 Å². The highest BCUT2D eigenvalue weighted by atomic mass is 127. The van der Waals surface area contributed by atoms with Crippen LogP contribution in [-0.4, -0.2) is 17.7 Å². The zero-order valence-electron chi connectivity index (χ0n) is 8.79. The fourth-order valence-corrected chi connectivity index (χ4v) is 1.62. The van der Waals surface area contributed by atoms with Crippen LogP contribution < -0.4 is 4.74 Å². The van der Waals surface area contributed by atoms with Gasteiger partial charge in [0.25, 0.3) is 0 Å². The second-order valence-electron chi connectivity index (χ2n) is 2.97. The lowest BCUT2D eigenvalue weighted by Gasteiger charge is -2.07. The smallest absolute Gasteiger partial charge is 0.339 e. The minimum Gasteiger partial charge on any atom is -0.492 e. The van der Waals surface area contributed by atoms with E-state index in [0.29, 0.717) is 18.8 Å². The molecule has 0 aliphatic rings. The average Bonchev–Trinajstić information content (AvgIpc) is 2.26. The monoisotopic (exact) mass is 330 g/mol. The van der Waals surface area contributed by atoms with Crippen LogP contribution in [0.3, 0.4) is 0 Å². The third-order valence-corrected chi connectivity index (χ3v) is 2.50. The van der Waals surface area contributed by atoms with Crippen LogP contribution >= 0.6 is 22.6 Å². The summed E-state index contributed by atoms with van der Waals surface area (Å²) in [6.07, 6.45) is 0.599. The molecule has 0 heterocycles. The molecule has 16 heavy (non-hydrogen) atoms. The van der Waals surface area contributed by atoms with E-state index in [4.69, 9.17) is 9.84 Å².